The van der Waals surface area contributed by atoms with E-state index >= 15 is 4.39 Å². The van der Waals surface area contributed by atoms with Crippen molar-refractivity contribution < 1.29 is 18.8 Å². The van der Waals surface area contributed by atoms with Gasteiger partial charge in [0.15, 0.2) is 0 Å². The maximum atomic E-state index is 15.4. The zero-order valence-electron chi connectivity index (χ0n) is 25.1. The van der Waals surface area contributed by atoms with E-state index in [1.807, 2.05) is 26.0 Å². The summed E-state index contributed by atoms with van der Waals surface area (Å²) in [5.41, 5.74) is 4.40. The number of halogens is 1. The second kappa shape index (κ2) is 11.6. The van der Waals surface area contributed by atoms with E-state index in [0.29, 0.717) is 37.6 Å². The van der Waals surface area contributed by atoms with Crippen molar-refractivity contribution in [1.82, 2.24) is 19.6 Å². The highest BCUT2D eigenvalue weighted by Gasteiger charge is 2.41. The molecule has 2 aromatic carbocycles. The average Bonchev–Trinajstić information content (AvgIpc) is 3.27. The highest BCUT2D eigenvalue weighted by atomic mass is 32.2. The van der Waals surface area contributed by atoms with Gasteiger partial charge in [-0.05, 0) is 31.5 Å². The molecule has 5 rings (SSSR count). The number of aromatic nitrogens is 2. The van der Waals surface area contributed by atoms with Crippen LogP contribution in [0, 0.1) is 19.7 Å². The molecule has 1 saturated heterocycles. The van der Waals surface area contributed by atoms with Crippen LogP contribution >= 0.6 is 11.8 Å². The van der Waals surface area contributed by atoms with Crippen molar-refractivity contribution in [1.29, 1.82) is 0 Å². The summed E-state index contributed by atoms with van der Waals surface area (Å²) < 4.78 is 17.2. The first-order chi connectivity index (χ1) is 19.9. The number of amides is 3. The monoisotopic (exact) mass is 591 g/mol. The molecule has 0 N–H and O–H groups in total. The van der Waals surface area contributed by atoms with Crippen molar-refractivity contribution in [2.24, 2.45) is 0 Å². The lowest BCUT2D eigenvalue weighted by Crippen LogP contribution is -2.53. The normalized spacial score (nSPS) is 17.7. The zero-order chi connectivity index (χ0) is 30.3. The van der Waals surface area contributed by atoms with Crippen LogP contribution in [0.4, 0.5) is 10.2 Å². The van der Waals surface area contributed by atoms with Gasteiger partial charge in [-0.3, -0.25) is 19.3 Å². The molecule has 1 aromatic heterocycles. The number of nitrogens with zero attached hydrogens (tertiary/aromatic N) is 5. The molecule has 0 bridgehead atoms. The summed E-state index contributed by atoms with van der Waals surface area (Å²) in [4.78, 5) is 44.4. The lowest BCUT2D eigenvalue weighted by Gasteiger charge is -2.35. The molecule has 10 heteroatoms. The summed E-state index contributed by atoms with van der Waals surface area (Å²) in [7, 11) is 0. The number of benzene rings is 2. The van der Waals surface area contributed by atoms with Crippen LogP contribution in [0.1, 0.15) is 60.9 Å². The summed E-state index contributed by atoms with van der Waals surface area (Å²) in [6, 6.07) is 12.7. The molecule has 0 unspecified atom stereocenters. The van der Waals surface area contributed by atoms with Crippen LogP contribution in [0.3, 0.4) is 0 Å². The fourth-order valence-electron chi connectivity index (χ4n) is 5.72. The van der Waals surface area contributed by atoms with Gasteiger partial charge in [0.25, 0.3) is 0 Å². The Hall–Kier alpha value is -3.66. The highest BCUT2D eigenvalue weighted by molar-refractivity contribution is 8.00. The van der Waals surface area contributed by atoms with Crippen molar-refractivity contribution >= 4 is 35.3 Å². The van der Waals surface area contributed by atoms with Crippen molar-refractivity contribution in [3.05, 3.63) is 76.2 Å². The third-order valence-corrected chi connectivity index (χ3v) is 9.18. The minimum atomic E-state index is -0.502. The van der Waals surface area contributed by atoms with E-state index in [1.54, 1.807) is 37.6 Å². The van der Waals surface area contributed by atoms with Crippen LogP contribution in [-0.4, -0.2) is 75.8 Å². The number of thioether (sulfide) groups is 1. The maximum absolute atomic E-state index is 15.4. The molecule has 1 fully saturated rings. The lowest BCUT2D eigenvalue weighted by atomic mass is 9.87. The highest BCUT2D eigenvalue weighted by Crippen LogP contribution is 2.49. The molecule has 0 saturated carbocycles. The summed E-state index contributed by atoms with van der Waals surface area (Å²) in [5, 5.41) is 4.62. The van der Waals surface area contributed by atoms with Crippen LogP contribution < -0.4 is 4.90 Å². The third kappa shape index (κ3) is 5.69. The molecular weight excluding hydrogens is 553 g/mol. The molecule has 42 heavy (non-hydrogen) atoms. The predicted octanol–water partition coefficient (Wildman–Crippen LogP) is 4.79. The Morgan fingerprint density at radius 1 is 1.02 bits per heavy atom. The van der Waals surface area contributed by atoms with Crippen LogP contribution in [-0.2, 0) is 19.8 Å². The maximum Gasteiger partial charge on any atom is 0.242 e. The van der Waals surface area contributed by atoms with Gasteiger partial charge >= 0.3 is 0 Å². The number of piperazine rings is 1. The van der Waals surface area contributed by atoms with E-state index in [-0.39, 0.29) is 35.8 Å². The van der Waals surface area contributed by atoms with E-state index in [0.717, 1.165) is 28.1 Å². The van der Waals surface area contributed by atoms with Crippen LogP contribution in [0.15, 0.2) is 42.5 Å². The molecule has 0 aliphatic carbocycles. The molecule has 0 radical (unpaired) electrons. The second-order valence-corrected chi connectivity index (χ2v) is 13.2. The van der Waals surface area contributed by atoms with Crippen molar-refractivity contribution in [3.63, 3.8) is 0 Å². The van der Waals surface area contributed by atoms with E-state index in [1.165, 1.54) is 24.8 Å². The standard InChI is InChI=1S/C32H38FN5O3S/c1-20-11-12-25(21(2)17-20)38-31-28(30(34-38)32(4,5)6)29(23-9-7-8-10-24(23)33)42-19-27(41)37(31)18-26(40)36-15-13-35(14-16-36)22(3)39/h7-12,17,29H,13-16,18-19H2,1-6H3/t29-/m1/s1. The minimum absolute atomic E-state index is 0.0160. The van der Waals surface area contributed by atoms with E-state index < -0.39 is 10.7 Å². The SMILES string of the molecule is CC(=O)N1CCN(C(=O)CN2C(=O)CS[C@H](c3ccccc3F)c3c(C(C)(C)C)nn(-c4ccc(C)cc4C)c32)CC1. The van der Waals surface area contributed by atoms with Crippen molar-refractivity contribution in [2.45, 2.75) is 52.2 Å². The van der Waals surface area contributed by atoms with Gasteiger partial charge in [0.2, 0.25) is 17.7 Å². The van der Waals surface area contributed by atoms with Gasteiger partial charge in [-0.2, -0.15) is 5.10 Å². The Balaban J connectivity index is 1.68. The largest absolute Gasteiger partial charge is 0.339 e. The van der Waals surface area contributed by atoms with Crippen molar-refractivity contribution in [2.75, 3.05) is 43.4 Å². The number of anilines is 1. The van der Waals surface area contributed by atoms with Crippen LogP contribution in [0.5, 0.6) is 0 Å². The number of fused-ring (bicyclic) bond motifs is 1. The summed E-state index contributed by atoms with van der Waals surface area (Å²) in [6.45, 7) is 13.3. The van der Waals surface area contributed by atoms with E-state index in [4.69, 9.17) is 5.10 Å². The quantitative estimate of drug-likeness (QED) is 0.436. The van der Waals surface area contributed by atoms with Gasteiger partial charge < -0.3 is 9.80 Å². The summed E-state index contributed by atoms with van der Waals surface area (Å²) in [5.74, 6) is -0.209. The molecule has 1 atom stereocenters. The molecule has 3 heterocycles. The van der Waals surface area contributed by atoms with Gasteiger partial charge in [-0.1, -0.05) is 56.7 Å². The third-order valence-electron chi connectivity index (χ3n) is 7.94. The number of hydrogen-bond donors (Lipinski definition) is 0. The Labute approximate surface area is 250 Å². The summed E-state index contributed by atoms with van der Waals surface area (Å²) >= 11 is 1.36. The second-order valence-electron chi connectivity index (χ2n) is 12.1. The molecule has 3 amide bonds. The fraction of sp³-hybridized carbons (Fsp3) is 0.438. The molecule has 222 valence electrons. The molecule has 2 aliphatic heterocycles. The number of carbonyl (C=O) groups excluding carboxylic acids is 3. The van der Waals surface area contributed by atoms with Crippen LogP contribution in [0.2, 0.25) is 0 Å². The zero-order valence-corrected chi connectivity index (χ0v) is 25.9. The molecule has 8 nitrogen and oxygen atoms in total. The Kier molecular flexibility index (Phi) is 8.20. The number of rotatable bonds is 4. The van der Waals surface area contributed by atoms with Gasteiger partial charge in [0.05, 0.1) is 22.4 Å². The first kappa shape index (κ1) is 29.8. The van der Waals surface area contributed by atoms with E-state index in [9.17, 15) is 14.4 Å². The smallest absolute Gasteiger partial charge is 0.242 e. The van der Waals surface area contributed by atoms with Gasteiger partial charge in [0, 0.05) is 49.6 Å². The summed E-state index contributed by atoms with van der Waals surface area (Å²) in [6.07, 6.45) is 0. The predicted molar refractivity (Wildman–Crippen MR) is 164 cm³/mol. The minimum Gasteiger partial charge on any atom is -0.339 e. The average molecular weight is 592 g/mol. The number of hydrogen-bond acceptors (Lipinski definition) is 5. The Morgan fingerprint density at radius 2 is 1.69 bits per heavy atom. The van der Waals surface area contributed by atoms with Crippen molar-refractivity contribution in [3.8, 4) is 5.69 Å². The molecule has 0 spiro atoms. The molecule has 3 aromatic rings. The van der Waals surface area contributed by atoms with Gasteiger partial charge in [0.1, 0.15) is 18.2 Å². The van der Waals surface area contributed by atoms with Gasteiger partial charge in [-0.15, -0.1) is 11.8 Å². The van der Waals surface area contributed by atoms with Crippen LogP contribution in [0.25, 0.3) is 5.69 Å². The lowest BCUT2D eigenvalue weighted by molar-refractivity contribution is -0.137. The fourth-order valence-corrected chi connectivity index (χ4v) is 6.94. The first-order valence-electron chi connectivity index (χ1n) is 14.3. The number of aryl methyl sites for hydroxylation is 2. The number of carbonyl (C=O) groups is 3. The Morgan fingerprint density at radius 3 is 2.31 bits per heavy atom. The topological polar surface area (TPSA) is 78.8 Å². The molecule has 2 aliphatic rings. The molecular formula is C32H38FN5O3S. The van der Waals surface area contributed by atoms with Gasteiger partial charge in [-0.25, -0.2) is 9.07 Å². The Bertz CT molecular complexity index is 1540. The first-order valence-corrected chi connectivity index (χ1v) is 15.3. The van der Waals surface area contributed by atoms with E-state index in [2.05, 4.69) is 26.8 Å².